The second kappa shape index (κ2) is 12.8. The Morgan fingerprint density at radius 1 is 1.29 bits per heavy atom. The maximum atomic E-state index is 14.0. The fourth-order valence-electron chi connectivity index (χ4n) is 6.17. The summed E-state index contributed by atoms with van der Waals surface area (Å²) in [6, 6.07) is 7.18. The molecule has 1 amide bonds. The van der Waals surface area contributed by atoms with Crippen LogP contribution in [0.5, 0.6) is 17.2 Å². The van der Waals surface area contributed by atoms with Crippen LogP contribution in [-0.4, -0.2) is 71.0 Å². The van der Waals surface area contributed by atoms with E-state index in [1.54, 1.807) is 13.3 Å². The van der Waals surface area contributed by atoms with Crippen molar-refractivity contribution in [1.29, 1.82) is 0 Å². The van der Waals surface area contributed by atoms with Crippen LogP contribution in [0.2, 0.25) is 0 Å². The number of unbranched alkanes of at least 4 members (excludes halogenated alkanes) is 1. The van der Waals surface area contributed by atoms with Gasteiger partial charge in [0.05, 0.1) is 19.6 Å². The molecule has 3 aromatic rings. The maximum Gasteiger partial charge on any atom is 0.308 e. The Balaban J connectivity index is 1.48. The number of pyridine rings is 1. The molecule has 3 atom stereocenters. The van der Waals surface area contributed by atoms with Crippen LogP contribution in [0.4, 0.5) is 5.69 Å². The number of aryl methyl sites for hydroxylation is 3. The number of carboxylic acids is 1. The van der Waals surface area contributed by atoms with Gasteiger partial charge in [-0.15, -0.1) is 0 Å². The molecular formula is C31H40N5O6+. The Morgan fingerprint density at radius 3 is 2.81 bits per heavy atom. The number of likely N-dealkylation sites (tertiary alicyclic amines) is 1. The monoisotopic (exact) mass is 578 g/mol. The van der Waals surface area contributed by atoms with E-state index in [2.05, 4.69) is 11.9 Å². The highest BCUT2D eigenvalue weighted by Crippen LogP contribution is 2.47. The van der Waals surface area contributed by atoms with Crippen molar-refractivity contribution in [1.82, 2.24) is 14.5 Å². The highest BCUT2D eigenvalue weighted by molar-refractivity contribution is 5.94. The molecule has 0 bridgehead atoms. The number of carbonyl (C=O) groups excluding carboxylic acids is 1. The highest BCUT2D eigenvalue weighted by atomic mass is 16.7. The van der Waals surface area contributed by atoms with E-state index in [-0.39, 0.29) is 31.2 Å². The summed E-state index contributed by atoms with van der Waals surface area (Å²) in [6.07, 6.45) is 10.5. The van der Waals surface area contributed by atoms with Crippen molar-refractivity contribution in [2.75, 3.05) is 38.4 Å². The minimum absolute atomic E-state index is 0.0512. The van der Waals surface area contributed by atoms with Gasteiger partial charge in [0.25, 0.3) is 0 Å². The number of anilines is 1. The number of hydrogen-bond acceptors (Lipinski definition) is 7. The first kappa shape index (κ1) is 29.4. The number of amides is 1. The molecule has 1 unspecified atom stereocenters. The molecule has 1 N–H and O–H groups in total. The molecule has 2 aliphatic rings. The van der Waals surface area contributed by atoms with Crippen LogP contribution in [0.25, 0.3) is 0 Å². The minimum atomic E-state index is -0.894. The van der Waals surface area contributed by atoms with Crippen LogP contribution in [-0.2, 0) is 30.1 Å². The molecule has 5 rings (SSSR count). The van der Waals surface area contributed by atoms with Gasteiger partial charge in [-0.05, 0) is 36.6 Å². The summed E-state index contributed by atoms with van der Waals surface area (Å²) in [5.41, 5.74) is 1.62. The van der Waals surface area contributed by atoms with Gasteiger partial charge in [-0.1, -0.05) is 13.3 Å². The molecule has 1 fully saturated rings. The lowest BCUT2D eigenvalue weighted by atomic mass is 9.83. The van der Waals surface area contributed by atoms with Gasteiger partial charge in [0, 0.05) is 57.0 Å². The summed E-state index contributed by atoms with van der Waals surface area (Å²) in [5, 5.41) is 10.6. The average Bonchev–Trinajstić information content (AvgIpc) is 3.70. The van der Waals surface area contributed by atoms with Crippen molar-refractivity contribution >= 4 is 17.6 Å². The molecule has 1 saturated heterocycles. The first-order chi connectivity index (χ1) is 20.3. The molecule has 42 heavy (non-hydrogen) atoms. The van der Waals surface area contributed by atoms with Gasteiger partial charge < -0.3 is 28.8 Å². The SMILES string of the molecule is CCCCN(C(=O)CN1C[C@H](c2cc(OC)c3c(c2)OCO3)C(C(=O)O)[C@@H]1CCc1nccn1C)c1ccc[n+](C)c1. The molecule has 1 aromatic carbocycles. The predicted octanol–water partition coefficient (Wildman–Crippen LogP) is 2.92. The highest BCUT2D eigenvalue weighted by Gasteiger charge is 2.47. The molecule has 11 heteroatoms. The van der Waals surface area contributed by atoms with Gasteiger partial charge in [0.1, 0.15) is 18.6 Å². The largest absolute Gasteiger partial charge is 0.493 e. The Morgan fingerprint density at radius 2 is 2.12 bits per heavy atom. The van der Waals surface area contributed by atoms with E-state index in [0.717, 1.165) is 29.9 Å². The van der Waals surface area contributed by atoms with Gasteiger partial charge in [0.15, 0.2) is 23.9 Å². The Hall–Kier alpha value is -4.12. The van der Waals surface area contributed by atoms with Gasteiger partial charge in [-0.25, -0.2) is 9.55 Å². The zero-order valence-corrected chi connectivity index (χ0v) is 24.7. The lowest BCUT2D eigenvalue weighted by Crippen LogP contribution is -2.45. The van der Waals surface area contributed by atoms with Crippen molar-refractivity contribution < 1.29 is 33.5 Å². The summed E-state index contributed by atoms with van der Waals surface area (Å²) in [5.74, 6) is 0.359. The van der Waals surface area contributed by atoms with Gasteiger partial charge in [0.2, 0.25) is 18.4 Å². The van der Waals surface area contributed by atoms with E-state index in [9.17, 15) is 14.7 Å². The molecule has 0 saturated carbocycles. The van der Waals surface area contributed by atoms with Gasteiger partial charge in [-0.3, -0.25) is 14.5 Å². The van der Waals surface area contributed by atoms with E-state index in [0.29, 0.717) is 43.2 Å². The Labute approximate surface area is 246 Å². The lowest BCUT2D eigenvalue weighted by Gasteiger charge is -2.29. The lowest BCUT2D eigenvalue weighted by molar-refractivity contribution is -0.670. The molecule has 11 nitrogen and oxygen atoms in total. The number of benzene rings is 1. The first-order valence-electron chi connectivity index (χ1n) is 14.5. The number of rotatable bonds is 12. The fourth-order valence-corrected chi connectivity index (χ4v) is 6.17. The van der Waals surface area contributed by atoms with Crippen LogP contribution >= 0.6 is 0 Å². The number of aliphatic carboxylic acids is 1. The molecule has 2 aliphatic heterocycles. The third kappa shape index (κ3) is 6.06. The maximum absolute atomic E-state index is 14.0. The number of methoxy groups -OCH3 is 1. The van der Waals surface area contributed by atoms with E-state index in [1.807, 2.05) is 75.9 Å². The molecule has 0 radical (unpaired) electrons. The molecule has 4 heterocycles. The summed E-state index contributed by atoms with van der Waals surface area (Å²) in [4.78, 5) is 35.3. The van der Waals surface area contributed by atoms with E-state index >= 15 is 0 Å². The topological polar surface area (TPSA) is 110 Å². The number of nitrogens with zero attached hydrogens (tertiary/aromatic N) is 5. The quantitative estimate of drug-likeness (QED) is 0.327. The number of aromatic nitrogens is 3. The average molecular weight is 579 g/mol. The number of ether oxygens (including phenoxy) is 3. The van der Waals surface area contributed by atoms with Crippen LogP contribution < -0.4 is 23.7 Å². The second-order valence-corrected chi connectivity index (χ2v) is 11.0. The van der Waals surface area contributed by atoms with E-state index in [4.69, 9.17) is 14.2 Å². The first-order valence-corrected chi connectivity index (χ1v) is 14.5. The van der Waals surface area contributed by atoms with Crippen LogP contribution in [0, 0.1) is 5.92 Å². The van der Waals surface area contributed by atoms with Crippen molar-refractivity contribution in [3.8, 4) is 17.2 Å². The third-order valence-corrected chi connectivity index (χ3v) is 8.34. The third-order valence-electron chi connectivity index (χ3n) is 8.34. The number of carboxylic acid groups (broad SMARTS) is 1. The van der Waals surface area contributed by atoms with E-state index in [1.165, 1.54) is 0 Å². The second-order valence-electron chi connectivity index (χ2n) is 11.0. The molecule has 0 aliphatic carbocycles. The summed E-state index contributed by atoms with van der Waals surface area (Å²) in [6.45, 7) is 3.29. The smallest absolute Gasteiger partial charge is 0.308 e. The molecular weight excluding hydrogens is 538 g/mol. The predicted molar refractivity (Wildman–Crippen MR) is 155 cm³/mol. The van der Waals surface area contributed by atoms with Crippen molar-refractivity contribution in [3.05, 3.63) is 60.4 Å². The normalized spacial score (nSPS) is 19.7. The molecule has 0 spiro atoms. The number of hydrogen-bond donors (Lipinski definition) is 1. The van der Waals surface area contributed by atoms with Crippen LogP contribution in [0.15, 0.2) is 49.1 Å². The Kier molecular flexibility index (Phi) is 8.96. The van der Waals surface area contributed by atoms with Gasteiger partial charge >= 0.3 is 5.97 Å². The van der Waals surface area contributed by atoms with E-state index < -0.39 is 11.9 Å². The molecule has 224 valence electrons. The van der Waals surface area contributed by atoms with Gasteiger partial charge in [-0.2, -0.15) is 0 Å². The van der Waals surface area contributed by atoms with Crippen LogP contribution in [0.3, 0.4) is 0 Å². The fraction of sp³-hybridized carbons (Fsp3) is 0.484. The van der Waals surface area contributed by atoms with Crippen molar-refractivity contribution in [2.45, 2.75) is 44.6 Å². The standard InChI is InChI=1S/C31H39N5O6/c1-5-6-13-36(22-8-7-12-33(2)17-22)28(37)19-35-18-23(21-15-25(40-4)30-26(16-21)41-20-42-30)29(31(38)39)24(35)9-10-27-32-11-14-34(27)3/h7-8,11-12,14-17,23-24,29H,5-6,9-10,13,18-20H2,1-4H3/p+1/t23-,24+,29?/m1/s1. The Bertz CT molecular complexity index is 1420. The number of imidazole rings is 1. The van der Waals surface area contributed by atoms with Crippen molar-refractivity contribution in [2.24, 2.45) is 20.0 Å². The van der Waals surface area contributed by atoms with Crippen molar-refractivity contribution in [3.63, 3.8) is 0 Å². The number of fused-ring (bicyclic) bond motifs is 1. The zero-order chi connectivity index (χ0) is 29.8. The summed E-state index contributed by atoms with van der Waals surface area (Å²) in [7, 11) is 5.42. The zero-order valence-electron chi connectivity index (χ0n) is 24.7. The minimum Gasteiger partial charge on any atom is -0.493 e. The summed E-state index contributed by atoms with van der Waals surface area (Å²) < 4.78 is 20.7. The van der Waals surface area contributed by atoms with Crippen LogP contribution in [0.1, 0.15) is 43.5 Å². The summed E-state index contributed by atoms with van der Waals surface area (Å²) >= 11 is 0. The number of carbonyl (C=O) groups is 2. The molecule has 2 aromatic heterocycles.